The first-order valence-corrected chi connectivity index (χ1v) is 7.75. The van der Waals surface area contributed by atoms with Crippen LogP contribution in [0.25, 0.3) is 0 Å². The summed E-state index contributed by atoms with van der Waals surface area (Å²) in [4.78, 5) is 13.8. The van der Waals surface area contributed by atoms with Crippen molar-refractivity contribution in [2.45, 2.75) is 38.5 Å². The van der Waals surface area contributed by atoms with Gasteiger partial charge in [-0.3, -0.25) is 0 Å². The van der Waals surface area contributed by atoms with Crippen LogP contribution in [-0.2, 0) is 0 Å². The van der Waals surface area contributed by atoms with E-state index in [1.807, 2.05) is 16.7 Å². The van der Waals surface area contributed by atoms with Gasteiger partial charge < -0.3 is 10.2 Å². The third-order valence-electron chi connectivity index (χ3n) is 2.94. The maximum Gasteiger partial charge on any atom is 0.317 e. The third kappa shape index (κ3) is 5.64. The highest BCUT2D eigenvalue weighted by Gasteiger charge is 2.14. The molecule has 16 heavy (non-hydrogen) atoms. The molecule has 2 amide bonds. The van der Waals surface area contributed by atoms with E-state index in [0.29, 0.717) is 0 Å². The first-order chi connectivity index (χ1) is 7.84. The van der Waals surface area contributed by atoms with Gasteiger partial charge in [0.25, 0.3) is 0 Å². The fourth-order valence-electron chi connectivity index (χ4n) is 1.95. The molecule has 1 aliphatic rings. The lowest BCUT2D eigenvalue weighted by atomic mass is 10.2. The topological polar surface area (TPSA) is 32.3 Å². The Morgan fingerprint density at radius 3 is 2.50 bits per heavy atom. The first kappa shape index (κ1) is 13.7. The van der Waals surface area contributed by atoms with Crippen LogP contribution in [0.2, 0.25) is 0 Å². The van der Waals surface area contributed by atoms with Gasteiger partial charge >= 0.3 is 6.03 Å². The van der Waals surface area contributed by atoms with Crippen molar-refractivity contribution in [3.05, 3.63) is 0 Å². The molecular formula is C12H24N2OS. The van der Waals surface area contributed by atoms with Gasteiger partial charge in [-0.05, 0) is 37.7 Å². The summed E-state index contributed by atoms with van der Waals surface area (Å²) < 4.78 is 0. The molecule has 0 atom stereocenters. The average molecular weight is 244 g/mol. The average Bonchev–Trinajstić information content (AvgIpc) is 2.57. The van der Waals surface area contributed by atoms with Crippen LogP contribution in [0.5, 0.6) is 0 Å². The lowest BCUT2D eigenvalue weighted by molar-refractivity contribution is 0.199. The molecule has 1 heterocycles. The molecule has 0 aliphatic carbocycles. The summed E-state index contributed by atoms with van der Waals surface area (Å²) >= 11 is 1.87. The maximum atomic E-state index is 11.8. The van der Waals surface area contributed by atoms with E-state index < -0.39 is 0 Å². The van der Waals surface area contributed by atoms with Crippen LogP contribution < -0.4 is 5.32 Å². The van der Waals surface area contributed by atoms with Gasteiger partial charge in [0.2, 0.25) is 0 Å². The molecule has 1 aliphatic heterocycles. The van der Waals surface area contributed by atoms with Gasteiger partial charge in [0.1, 0.15) is 0 Å². The van der Waals surface area contributed by atoms with Crippen LogP contribution in [-0.4, -0.2) is 42.6 Å². The molecule has 0 aromatic rings. The van der Waals surface area contributed by atoms with Gasteiger partial charge in [0, 0.05) is 19.6 Å². The summed E-state index contributed by atoms with van der Waals surface area (Å²) in [6.07, 6.45) is 9.30. The van der Waals surface area contributed by atoms with E-state index in [9.17, 15) is 4.79 Å². The van der Waals surface area contributed by atoms with Gasteiger partial charge in [0.15, 0.2) is 0 Å². The first-order valence-electron chi connectivity index (χ1n) is 6.36. The quantitative estimate of drug-likeness (QED) is 0.754. The molecule has 0 saturated carbocycles. The smallest absolute Gasteiger partial charge is 0.317 e. The number of carbonyl (C=O) groups excluding carboxylic acids is 1. The lowest BCUT2D eigenvalue weighted by Gasteiger charge is -2.20. The number of likely N-dealkylation sites (tertiary alicyclic amines) is 1. The van der Waals surface area contributed by atoms with Gasteiger partial charge in [-0.15, -0.1) is 0 Å². The number of unbranched alkanes of at least 4 members (excludes halogenated alkanes) is 1. The molecule has 1 rings (SSSR count). The summed E-state index contributed by atoms with van der Waals surface area (Å²) in [5.74, 6) is 1.19. The highest BCUT2D eigenvalue weighted by Crippen LogP contribution is 2.09. The number of hydrogen-bond acceptors (Lipinski definition) is 2. The minimum Gasteiger partial charge on any atom is -0.338 e. The molecule has 1 N–H and O–H groups in total. The molecular weight excluding hydrogens is 220 g/mol. The normalized spacial score (nSPS) is 16.9. The minimum absolute atomic E-state index is 0.144. The Labute approximate surface area is 103 Å². The fourth-order valence-corrected chi connectivity index (χ4v) is 2.45. The largest absolute Gasteiger partial charge is 0.338 e. The minimum atomic E-state index is 0.144. The summed E-state index contributed by atoms with van der Waals surface area (Å²) in [6, 6.07) is 0.144. The van der Waals surface area contributed by atoms with Crippen molar-refractivity contribution in [3.63, 3.8) is 0 Å². The number of nitrogens with one attached hydrogen (secondary N) is 1. The van der Waals surface area contributed by atoms with Crippen molar-refractivity contribution in [1.29, 1.82) is 0 Å². The van der Waals surface area contributed by atoms with Crippen LogP contribution >= 0.6 is 11.8 Å². The second-order valence-corrected chi connectivity index (χ2v) is 5.32. The number of carbonyl (C=O) groups is 1. The standard InChI is InChI=1S/C12H24N2OS/c1-16-11-7-4-8-13-12(15)14-9-5-2-3-6-10-14/h2-11H2,1H3,(H,13,15). The number of nitrogens with zero attached hydrogens (tertiary/aromatic N) is 1. The van der Waals surface area contributed by atoms with Crippen molar-refractivity contribution >= 4 is 17.8 Å². The van der Waals surface area contributed by atoms with E-state index in [1.165, 1.54) is 37.9 Å². The Bertz CT molecular complexity index is 191. The fraction of sp³-hybridized carbons (Fsp3) is 0.917. The molecule has 3 nitrogen and oxygen atoms in total. The van der Waals surface area contributed by atoms with Crippen molar-refractivity contribution in [2.75, 3.05) is 31.6 Å². The second-order valence-electron chi connectivity index (χ2n) is 4.33. The predicted molar refractivity (Wildman–Crippen MR) is 71.1 cm³/mol. The van der Waals surface area contributed by atoms with Crippen molar-refractivity contribution in [1.82, 2.24) is 10.2 Å². The Morgan fingerprint density at radius 1 is 1.19 bits per heavy atom. The van der Waals surface area contributed by atoms with Crippen LogP contribution in [0.15, 0.2) is 0 Å². The number of hydrogen-bond donors (Lipinski definition) is 1. The molecule has 0 radical (unpaired) electrons. The Morgan fingerprint density at radius 2 is 1.88 bits per heavy atom. The van der Waals surface area contributed by atoms with Crippen molar-refractivity contribution in [3.8, 4) is 0 Å². The molecule has 0 spiro atoms. The van der Waals surface area contributed by atoms with Crippen LogP contribution in [0.3, 0.4) is 0 Å². The highest BCUT2D eigenvalue weighted by molar-refractivity contribution is 7.98. The Hall–Kier alpha value is -0.380. The summed E-state index contributed by atoms with van der Waals surface area (Å²) in [5.41, 5.74) is 0. The predicted octanol–water partition coefficient (Wildman–Crippen LogP) is 2.72. The molecule has 0 aromatic carbocycles. The number of urea groups is 1. The molecule has 0 bridgehead atoms. The van der Waals surface area contributed by atoms with E-state index >= 15 is 0 Å². The Balaban J connectivity index is 2.08. The summed E-state index contributed by atoms with van der Waals surface area (Å²) in [6.45, 7) is 2.71. The SMILES string of the molecule is CSCCCCNC(=O)N1CCCCCC1. The van der Waals surface area contributed by atoms with E-state index in [0.717, 1.165) is 26.1 Å². The molecule has 0 aromatic heterocycles. The zero-order chi connectivity index (χ0) is 11.6. The summed E-state index contributed by atoms with van der Waals surface area (Å²) in [7, 11) is 0. The van der Waals surface area contributed by atoms with E-state index in [4.69, 9.17) is 0 Å². The zero-order valence-corrected chi connectivity index (χ0v) is 11.2. The molecule has 94 valence electrons. The van der Waals surface area contributed by atoms with Gasteiger partial charge in [-0.1, -0.05) is 12.8 Å². The maximum absolute atomic E-state index is 11.8. The number of rotatable bonds is 5. The van der Waals surface area contributed by atoms with Gasteiger partial charge in [-0.2, -0.15) is 11.8 Å². The Kier molecular flexibility index (Phi) is 7.47. The van der Waals surface area contributed by atoms with Crippen LogP contribution in [0, 0.1) is 0 Å². The highest BCUT2D eigenvalue weighted by atomic mass is 32.2. The van der Waals surface area contributed by atoms with Crippen LogP contribution in [0.1, 0.15) is 38.5 Å². The van der Waals surface area contributed by atoms with E-state index in [2.05, 4.69) is 11.6 Å². The van der Waals surface area contributed by atoms with Gasteiger partial charge in [-0.25, -0.2) is 4.79 Å². The van der Waals surface area contributed by atoms with E-state index in [1.54, 1.807) is 0 Å². The monoisotopic (exact) mass is 244 g/mol. The van der Waals surface area contributed by atoms with Gasteiger partial charge in [0.05, 0.1) is 0 Å². The third-order valence-corrected chi connectivity index (χ3v) is 3.64. The van der Waals surface area contributed by atoms with Crippen molar-refractivity contribution < 1.29 is 4.79 Å². The van der Waals surface area contributed by atoms with Crippen molar-refractivity contribution in [2.24, 2.45) is 0 Å². The molecule has 1 fully saturated rings. The van der Waals surface area contributed by atoms with E-state index in [-0.39, 0.29) is 6.03 Å². The second kappa shape index (κ2) is 8.74. The molecule has 4 heteroatoms. The zero-order valence-electron chi connectivity index (χ0n) is 10.3. The van der Waals surface area contributed by atoms with Crippen LogP contribution in [0.4, 0.5) is 4.79 Å². The summed E-state index contributed by atoms with van der Waals surface area (Å²) in [5, 5.41) is 3.02. The number of thioether (sulfide) groups is 1. The molecule has 1 saturated heterocycles. The molecule has 0 unspecified atom stereocenters. The lowest BCUT2D eigenvalue weighted by Crippen LogP contribution is -2.40. The number of amides is 2.